The second-order valence-corrected chi connectivity index (χ2v) is 8.68. The fraction of sp³-hybridized carbons (Fsp3) is 0.250. The van der Waals surface area contributed by atoms with Crippen LogP contribution >= 0.6 is 0 Å². The highest BCUT2D eigenvalue weighted by Crippen LogP contribution is 2.37. The Morgan fingerprint density at radius 1 is 0.919 bits per heavy atom. The largest absolute Gasteiger partial charge is 0.495 e. The second kappa shape index (κ2) is 10.2. The summed E-state index contributed by atoms with van der Waals surface area (Å²) >= 11 is 0. The minimum atomic E-state index is -0.207. The number of methoxy groups -OCH3 is 3. The number of amides is 2. The van der Waals surface area contributed by atoms with E-state index in [1.807, 2.05) is 43.3 Å². The van der Waals surface area contributed by atoms with Crippen LogP contribution in [0.5, 0.6) is 28.9 Å². The van der Waals surface area contributed by atoms with Gasteiger partial charge in [0.2, 0.25) is 5.88 Å². The van der Waals surface area contributed by atoms with Gasteiger partial charge in [0, 0.05) is 18.3 Å². The molecule has 5 rings (SSSR count). The third-order valence-electron chi connectivity index (χ3n) is 6.33. The Morgan fingerprint density at radius 3 is 2.49 bits per heavy atom. The maximum atomic E-state index is 13.2. The number of nitrogens with zero attached hydrogens (tertiary/aromatic N) is 3. The van der Waals surface area contributed by atoms with Crippen LogP contribution in [0.1, 0.15) is 17.5 Å². The molecular formula is C28H28N4O5. The van der Waals surface area contributed by atoms with E-state index in [2.05, 4.69) is 15.3 Å². The van der Waals surface area contributed by atoms with E-state index in [1.165, 1.54) is 6.33 Å². The summed E-state index contributed by atoms with van der Waals surface area (Å²) in [7, 11) is 4.75. The van der Waals surface area contributed by atoms with Crippen LogP contribution in [0.25, 0.3) is 10.9 Å². The van der Waals surface area contributed by atoms with Gasteiger partial charge >= 0.3 is 6.03 Å². The lowest BCUT2D eigenvalue weighted by Crippen LogP contribution is -2.38. The van der Waals surface area contributed by atoms with Crippen molar-refractivity contribution in [1.82, 2.24) is 9.97 Å². The Kier molecular flexibility index (Phi) is 6.68. The maximum Gasteiger partial charge on any atom is 0.326 e. The van der Waals surface area contributed by atoms with Gasteiger partial charge in [0.05, 0.1) is 37.9 Å². The van der Waals surface area contributed by atoms with Crippen molar-refractivity contribution in [3.05, 3.63) is 66.0 Å². The Labute approximate surface area is 215 Å². The topological polar surface area (TPSA) is 95.0 Å². The molecule has 37 heavy (non-hydrogen) atoms. The van der Waals surface area contributed by atoms with Crippen LogP contribution in [0.3, 0.4) is 0 Å². The van der Waals surface area contributed by atoms with Crippen molar-refractivity contribution in [2.75, 3.05) is 38.1 Å². The van der Waals surface area contributed by atoms with Crippen molar-refractivity contribution < 1.29 is 23.7 Å². The highest BCUT2D eigenvalue weighted by atomic mass is 16.5. The third kappa shape index (κ3) is 4.80. The van der Waals surface area contributed by atoms with Gasteiger partial charge in [0.15, 0.2) is 11.5 Å². The first-order valence-corrected chi connectivity index (χ1v) is 11.9. The molecule has 0 aliphatic carbocycles. The summed E-state index contributed by atoms with van der Waals surface area (Å²) in [6, 6.07) is 14.8. The van der Waals surface area contributed by atoms with Gasteiger partial charge in [-0.2, -0.15) is 0 Å². The van der Waals surface area contributed by atoms with Crippen LogP contribution in [0.4, 0.5) is 16.2 Å². The molecule has 0 unspecified atom stereocenters. The predicted molar refractivity (Wildman–Crippen MR) is 142 cm³/mol. The van der Waals surface area contributed by atoms with Crippen molar-refractivity contribution in [2.24, 2.45) is 0 Å². The van der Waals surface area contributed by atoms with Crippen LogP contribution in [0.2, 0.25) is 0 Å². The van der Waals surface area contributed by atoms with Crippen LogP contribution in [0.15, 0.2) is 54.9 Å². The number of aryl methyl sites for hydroxylation is 2. The van der Waals surface area contributed by atoms with E-state index in [9.17, 15) is 4.79 Å². The van der Waals surface area contributed by atoms with Crippen LogP contribution in [-0.4, -0.2) is 43.9 Å². The molecule has 1 aliphatic rings. The molecule has 3 aromatic carbocycles. The molecule has 0 fully saturated rings. The highest BCUT2D eigenvalue weighted by molar-refractivity contribution is 6.03. The van der Waals surface area contributed by atoms with E-state index in [4.69, 9.17) is 18.9 Å². The Balaban J connectivity index is 1.41. The molecule has 1 aliphatic heterocycles. The molecule has 9 heteroatoms. The van der Waals surface area contributed by atoms with E-state index in [0.29, 0.717) is 52.0 Å². The number of fused-ring (bicyclic) bond motifs is 2. The van der Waals surface area contributed by atoms with Crippen LogP contribution < -0.4 is 29.2 Å². The first-order chi connectivity index (χ1) is 18.0. The summed E-state index contributed by atoms with van der Waals surface area (Å²) in [6.07, 6.45) is 3.12. The van der Waals surface area contributed by atoms with Gasteiger partial charge in [-0.25, -0.2) is 14.8 Å². The molecule has 4 aromatic rings. The number of carbonyl (C=O) groups is 1. The molecule has 0 bridgehead atoms. The number of benzene rings is 3. The Morgan fingerprint density at radius 2 is 1.70 bits per heavy atom. The van der Waals surface area contributed by atoms with Gasteiger partial charge in [-0.15, -0.1) is 0 Å². The normalized spacial score (nSPS) is 12.6. The van der Waals surface area contributed by atoms with Crippen molar-refractivity contribution in [3.63, 3.8) is 0 Å². The molecular weight excluding hydrogens is 472 g/mol. The smallest absolute Gasteiger partial charge is 0.326 e. The number of hydrogen-bond acceptors (Lipinski definition) is 7. The van der Waals surface area contributed by atoms with E-state index >= 15 is 0 Å². The molecule has 0 spiro atoms. The molecule has 1 aromatic heterocycles. The number of anilines is 2. The fourth-order valence-electron chi connectivity index (χ4n) is 4.50. The zero-order valence-electron chi connectivity index (χ0n) is 21.2. The van der Waals surface area contributed by atoms with Crippen molar-refractivity contribution in [2.45, 2.75) is 19.8 Å². The van der Waals surface area contributed by atoms with Crippen LogP contribution in [-0.2, 0) is 6.42 Å². The van der Waals surface area contributed by atoms with Gasteiger partial charge < -0.3 is 24.3 Å². The van der Waals surface area contributed by atoms with E-state index < -0.39 is 0 Å². The van der Waals surface area contributed by atoms with Crippen molar-refractivity contribution in [1.29, 1.82) is 0 Å². The quantitative estimate of drug-likeness (QED) is 0.361. The summed E-state index contributed by atoms with van der Waals surface area (Å²) < 4.78 is 22.4. The standard InChI is InChI=1S/C28H28N4O5/c1-17-7-10-24(34-2)22(12-17)31-28(33)32-11-5-6-18-13-19(8-9-23(18)32)37-27-20-14-25(35-3)26(36-4)15-21(20)29-16-30-27/h7-10,12-16H,5-6,11H2,1-4H3,(H,31,33). The lowest BCUT2D eigenvalue weighted by molar-refractivity contribution is 0.256. The molecule has 190 valence electrons. The Bertz CT molecular complexity index is 1470. The molecule has 0 saturated heterocycles. The van der Waals surface area contributed by atoms with E-state index in [0.717, 1.165) is 29.7 Å². The second-order valence-electron chi connectivity index (χ2n) is 8.68. The molecule has 0 saturated carbocycles. The van der Waals surface area contributed by atoms with Crippen molar-refractivity contribution in [3.8, 4) is 28.9 Å². The lowest BCUT2D eigenvalue weighted by atomic mass is 10.0. The number of aromatic nitrogens is 2. The number of ether oxygens (including phenoxy) is 4. The molecule has 0 atom stereocenters. The van der Waals surface area contributed by atoms with E-state index in [1.54, 1.807) is 38.4 Å². The monoisotopic (exact) mass is 500 g/mol. The zero-order chi connectivity index (χ0) is 25.9. The molecule has 0 radical (unpaired) electrons. The summed E-state index contributed by atoms with van der Waals surface area (Å²) in [5.74, 6) is 2.78. The van der Waals surface area contributed by atoms with Gasteiger partial charge in [-0.05, 0) is 67.3 Å². The van der Waals surface area contributed by atoms with Crippen LogP contribution in [0, 0.1) is 6.92 Å². The number of rotatable bonds is 6. The highest BCUT2D eigenvalue weighted by Gasteiger charge is 2.24. The molecule has 9 nitrogen and oxygen atoms in total. The molecule has 2 heterocycles. The number of carbonyl (C=O) groups excluding carboxylic acids is 1. The van der Waals surface area contributed by atoms with Gasteiger partial charge in [-0.3, -0.25) is 4.90 Å². The summed E-state index contributed by atoms with van der Waals surface area (Å²) in [5, 5.41) is 3.70. The first-order valence-electron chi connectivity index (χ1n) is 11.9. The van der Waals surface area contributed by atoms with Crippen molar-refractivity contribution >= 4 is 28.3 Å². The summed E-state index contributed by atoms with van der Waals surface area (Å²) in [5.41, 5.74) is 4.22. The number of hydrogen-bond donors (Lipinski definition) is 1. The first kappa shape index (κ1) is 24.2. The Hall–Kier alpha value is -4.53. The minimum absolute atomic E-state index is 0.207. The fourth-order valence-corrected chi connectivity index (χ4v) is 4.50. The average Bonchev–Trinajstić information content (AvgIpc) is 2.92. The summed E-state index contributed by atoms with van der Waals surface area (Å²) in [4.78, 5) is 23.7. The van der Waals surface area contributed by atoms with Gasteiger partial charge in [0.1, 0.15) is 17.8 Å². The number of nitrogens with one attached hydrogen (secondary N) is 1. The zero-order valence-corrected chi connectivity index (χ0v) is 21.2. The molecule has 1 N–H and O–H groups in total. The lowest BCUT2D eigenvalue weighted by Gasteiger charge is -2.30. The summed E-state index contributed by atoms with van der Waals surface area (Å²) in [6.45, 7) is 2.59. The average molecular weight is 501 g/mol. The van der Waals surface area contributed by atoms with Gasteiger partial charge in [0.25, 0.3) is 0 Å². The predicted octanol–water partition coefficient (Wildman–Crippen LogP) is 5.74. The SMILES string of the molecule is COc1ccc(C)cc1NC(=O)N1CCCc2cc(Oc3ncnc4cc(OC)c(OC)cc34)ccc21. The van der Waals surface area contributed by atoms with Gasteiger partial charge in [-0.1, -0.05) is 6.07 Å². The molecule has 2 amide bonds. The van der Waals surface area contributed by atoms with E-state index in [-0.39, 0.29) is 6.03 Å². The third-order valence-corrected chi connectivity index (χ3v) is 6.33. The maximum absolute atomic E-state index is 13.2. The number of urea groups is 1. The minimum Gasteiger partial charge on any atom is -0.495 e.